The molecule has 0 fully saturated rings. The van der Waals surface area contributed by atoms with Gasteiger partial charge in [-0.3, -0.25) is 4.99 Å². The summed E-state index contributed by atoms with van der Waals surface area (Å²) in [5.41, 5.74) is 2.56. The van der Waals surface area contributed by atoms with Gasteiger partial charge in [0.25, 0.3) is 0 Å². The van der Waals surface area contributed by atoms with E-state index in [-0.39, 0.29) is 6.04 Å². The van der Waals surface area contributed by atoms with Gasteiger partial charge in [0.1, 0.15) is 0 Å². The molecule has 21 heavy (non-hydrogen) atoms. The second-order valence-electron chi connectivity index (χ2n) is 5.48. The van der Waals surface area contributed by atoms with Gasteiger partial charge in [-0.15, -0.1) is 0 Å². The Hall–Kier alpha value is -1.59. The lowest BCUT2D eigenvalue weighted by atomic mass is 10.1. The van der Waals surface area contributed by atoms with Crippen molar-refractivity contribution in [1.29, 1.82) is 0 Å². The normalized spacial score (nSPS) is 13.3. The van der Waals surface area contributed by atoms with Crippen LogP contribution < -0.4 is 10.6 Å². The Morgan fingerprint density at radius 2 is 2.05 bits per heavy atom. The van der Waals surface area contributed by atoms with E-state index in [0.29, 0.717) is 6.61 Å². The van der Waals surface area contributed by atoms with Gasteiger partial charge in [-0.05, 0) is 32.1 Å². The average Bonchev–Trinajstić information content (AvgIpc) is 2.43. The molecule has 0 saturated carbocycles. The third-order valence-corrected chi connectivity index (χ3v) is 2.97. The Balaban J connectivity index is 2.53. The van der Waals surface area contributed by atoms with E-state index in [1.165, 1.54) is 11.1 Å². The Morgan fingerprint density at radius 1 is 1.33 bits per heavy atom. The fourth-order valence-electron chi connectivity index (χ4n) is 2.11. The lowest BCUT2D eigenvalue weighted by Gasteiger charge is -2.17. The maximum Gasteiger partial charge on any atom is 0.191 e. The van der Waals surface area contributed by atoms with E-state index >= 15 is 0 Å². The van der Waals surface area contributed by atoms with E-state index in [1.807, 2.05) is 0 Å². The quantitative estimate of drug-likeness (QED) is 0.590. The molecule has 0 aromatic heterocycles. The van der Waals surface area contributed by atoms with Crippen molar-refractivity contribution in [3.63, 3.8) is 0 Å². The Bertz CT molecular complexity index is 446. The predicted octanol–water partition coefficient (Wildman–Crippen LogP) is 1.45. The van der Waals surface area contributed by atoms with Crippen LogP contribution in [0.25, 0.3) is 0 Å². The van der Waals surface area contributed by atoms with Crippen LogP contribution >= 0.6 is 0 Å². The zero-order valence-corrected chi connectivity index (χ0v) is 13.8. The van der Waals surface area contributed by atoms with Gasteiger partial charge < -0.3 is 20.3 Å². The van der Waals surface area contributed by atoms with Crippen molar-refractivity contribution in [3.05, 3.63) is 35.4 Å². The highest BCUT2D eigenvalue weighted by atomic mass is 16.5. The number of ether oxygens (including phenoxy) is 1. The molecule has 0 amide bonds. The van der Waals surface area contributed by atoms with Crippen molar-refractivity contribution in [3.8, 4) is 0 Å². The highest BCUT2D eigenvalue weighted by Gasteiger charge is 2.04. The molecule has 0 heterocycles. The zero-order chi connectivity index (χ0) is 15.7. The van der Waals surface area contributed by atoms with Crippen molar-refractivity contribution in [2.24, 2.45) is 4.99 Å². The molecule has 5 heteroatoms. The summed E-state index contributed by atoms with van der Waals surface area (Å²) in [4.78, 5) is 6.39. The maximum atomic E-state index is 5.11. The zero-order valence-electron chi connectivity index (χ0n) is 13.8. The summed E-state index contributed by atoms with van der Waals surface area (Å²) >= 11 is 0. The Morgan fingerprint density at radius 3 is 2.67 bits per heavy atom. The van der Waals surface area contributed by atoms with Crippen molar-refractivity contribution in [1.82, 2.24) is 15.5 Å². The minimum Gasteiger partial charge on any atom is -0.383 e. The molecular formula is C16H28N4O. The van der Waals surface area contributed by atoms with Gasteiger partial charge in [0, 0.05) is 33.3 Å². The molecule has 1 atom stereocenters. The summed E-state index contributed by atoms with van der Waals surface area (Å²) in [6, 6.07) is 8.81. The number of rotatable bonds is 7. The topological polar surface area (TPSA) is 48.9 Å². The molecule has 1 aromatic rings. The van der Waals surface area contributed by atoms with E-state index < -0.39 is 0 Å². The largest absolute Gasteiger partial charge is 0.383 e. The molecule has 1 aromatic carbocycles. The highest BCUT2D eigenvalue weighted by Crippen LogP contribution is 2.06. The SMILES string of the molecule is CN=C(NCc1cccc(CN(C)C)c1)NC(C)COC. The molecule has 0 bridgehead atoms. The molecule has 0 radical (unpaired) electrons. The van der Waals surface area contributed by atoms with Gasteiger partial charge in [-0.25, -0.2) is 0 Å². The number of guanidine groups is 1. The average molecular weight is 292 g/mol. The molecule has 0 aliphatic carbocycles. The van der Waals surface area contributed by atoms with Crippen LogP contribution in [0.3, 0.4) is 0 Å². The second-order valence-corrected chi connectivity index (χ2v) is 5.48. The van der Waals surface area contributed by atoms with Gasteiger partial charge in [0.15, 0.2) is 5.96 Å². The molecule has 0 aliphatic heterocycles. The summed E-state index contributed by atoms with van der Waals surface area (Å²) in [6.45, 7) is 4.42. The minimum absolute atomic E-state index is 0.223. The smallest absolute Gasteiger partial charge is 0.191 e. The monoisotopic (exact) mass is 292 g/mol. The first-order valence-corrected chi connectivity index (χ1v) is 7.23. The van der Waals surface area contributed by atoms with Crippen LogP contribution in [-0.2, 0) is 17.8 Å². The van der Waals surface area contributed by atoms with E-state index in [2.05, 4.69) is 65.8 Å². The summed E-state index contributed by atoms with van der Waals surface area (Å²) < 4.78 is 5.11. The molecule has 0 saturated heterocycles. The lowest BCUT2D eigenvalue weighted by molar-refractivity contribution is 0.179. The van der Waals surface area contributed by atoms with Gasteiger partial charge in [0.2, 0.25) is 0 Å². The van der Waals surface area contributed by atoms with Gasteiger partial charge in [-0.2, -0.15) is 0 Å². The van der Waals surface area contributed by atoms with Crippen LogP contribution in [0.15, 0.2) is 29.3 Å². The number of methoxy groups -OCH3 is 1. The number of hydrogen-bond donors (Lipinski definition) is 2. The third kappa shape index (κ3) is 7.11. The van der Waals surface area contributed by atoms with E-state index in [4.69, 9.17) is 4.74 Å². The van der Waals surface area contributed by atoms with Crippen LogP contribution in [0.5, 0.6) is 0 Å². The lowest BCUT2D eigenvalue weighted by Crippen LogP contribution is -2.43. The van der Waals surface area contributed by atoms with Crippen LogP contribution in [0, 0.1) is 0 Å². The molecular weight excluding hydrogens is 264 g/mol. The number of nitrogens with one attached hydrogen (secondary N) is 2. The van der Waals surface area contributed by atoms with E-state index in [9.17, 15) is 0 Å². The fraction of sp³-hybridized carbons (Fsp3) is 0.562. The van der Waals surface area contributed by atoms with Crippen molar-refractivity contribution >= 4 is 5.96 Å². The molecule has 5 nitrogen and oxygen atoms in total. The molecule has 0 spiro atoms. The molecule has 0 aliphatic rings. The number of aliphatic imine (C=N–C) groups is 1. The van der Waals surface area contributed by atoms with Gasteiger partial charge in [-0.1, -0.05) is 24.3 Å². The van der Waals surface area contributed by atoms with E-state index in [1.54, 1.807) is 14.2 Å². The highest BCUT2D eigenvalue weighted by molar-refractivity contribution is 5.79. The predicted molar refractivity (Wildman–Crippen MR) is 88.5 cm³/mol. The summed E-state index contributed by atoms with van der Waals surface area (Å²) in [6.07, 6.45) is 0. The minimum atomic E-state index is 0.223. The molecule has 118 valence electrons. The number of hydrogen-bond acceptors (Lipinski definition) is 3. The van der Waals surface area contributed by atoms with E-state index in [0.717, 1.165) is 19.0 Å². The Kier molecular flexibility index (Phi) is 7.79. The van der Waals surface area contributed by atoms with Crippen LogP contribution in [0.1, 0.15) is 18.1 Å². The number of benzene rings is 1. The number of nitrogens with zero attached hydrogens (tertiary/aromatic N) is 2. The molecule has 1 unspecified atom stereocenters. The first kappa shape index (κ1) is 17.5. The third-order valence-electron chi connectivity index (χ3n) is 2.97. The van der Waals surface area contributed by atoms with Crippen LogP contribution in [0.4, 0.5) is 0 Å². The second kappa shape index (κ2) is 9.37. The summed E-state index contributed by atoms with van der Waals surface area (Å²) in [7, 11) is 7.63. The summed E-state index contributed by atoms with van der Waals surface area (Å²) in [5, 5.41) is 6.62. The van der Waals surface area contributed by atoms with Gasteiger partial charge in [0.05, 0.1) is 6.61 Å². The first-order chi connectivity index (χ1) is 10.0. The van der Waals surface area contributed by atoms with Crippen molar-refractivity contribution in [2.75, 3.05) is 34.9 Å². The molecule has 1 rings (SSSR count). The summed E-state index contributed by atoms with van der Waals surface area (Å²) in [5.74, 6) is 0.789. The standard InChI is InChI=1S/C16H28N4O/c1-13(12-21-5)19-16(17-2)18-10-14-7-6-8-15(9-14)11-20(3)4/h6-9,13H,10-12H2,1-5H3,(H2,17,18,19). The Labute approximate surface area is 128 Å². The first-order valence-electron chi connectivity index (χ1n) is 7.23. The van der Waals surface area contributed by atoms with Crippen LogP contribution in [-0.4, -0.2) is 51.8 Å². The van der Waals surface area contributed by atoms with Crippen molar-refractivity contribution < 1.29 is 4.74 Å². The fourth-order valence-corrected chi connectivity index (χ4v) is 2.11. The molecule has 2 N–H and O–H groups in total. The van der Waals surface area contributed by atoms with Gasteiger partial charge >= 0.3 is 0 Å². The maximum absolute atomic E-state index is 5.11. The van der Waals surface area contributed by atoms with Crippen LogP contribution in [0.2, 0.25) is 0 Å². The van der Waals surface area contributed by atoms with Crippen molar-refractivity contribution in [2.45, 2.75) is 26.1 Å².